The Hall–Kier alpha value is -3.34. The summed E-state index contributed by atoms with van der Waals surface area (Å²) in [7, 11) is -2.22. The standard InChI is InChI=1S/C38H46ClN3O6S/c1-23-7-6-16-38(46-4,19-35-40-20-24(2)47-35)32-14-10-28(32)21-42-22-29-9-5-8-26-17-30(39)12-13-31(26)36(29)48-34-15-11-27(18-33(34)42)37(43)41-49(44,45)25(23)3/h6,11-13,15-18,20,23,25,28-29,32,36H,5,7-10,14,19,21-22H2,1-4H3,(H,41,43)/b16-6+/t23-,25+,28-,29+,32+,36?,38+/m0/s1. The van der Waals surface area contributed by atoms with Crippen molar-refractivity contribution in [2.24, 2.45) is 23.7 Å². The second kappa shape index (κ2) is 13.4. The van der Waals surface area contributed by atoms with E-state index in [1.54, 1.807) is 32.4 Å². The monoisotopic (exact) mass is 707 g/mol. The van der Waals surface area contributed by atoms with Gasteiger partial charge in [0, 0.05) is 36.7 Å². The van der Waals surface area contributed by atoms with Gasteiger partial charge in [0.2, 0.25) is 10.0 Å². The maximum atomic E-state index is 13.6. The van der Waals surface area contributed by atoms with E-state index < -0.39 is 26.8 Å². The van der Waals surface area contributed by atoms with Crippen LogP contribution < -0.4 is 14.4 Å². The Morgan fingerprint density at radius 1 is 1.10 bits per heavy atom. The number of sulfonamides is 1. The number of fused-ring (bicyclic) bond motifs is 5. The van der Waals surface area contributed by atoms with Gasteiger partial charge in [-0.2, -0.15) is 0 Å². The van der Waals surface area contributed by atoms with Crippen LogP contribution in [-0.2, 0) is 27.6 Å². The van der Waals surface area contributed by atoms with Crippen LogP contribution >= 0.6 is 11.6 Å². The molecule has 1 amide bonds. The third-order valence-corrected chi connectivity index (χ3v) is 13.7. The Kier molecular flexibility index (Phi) is 9.34. The number of anilines is 1. The molecule has 3 heterocycles. The lowest BCUT2D eigenvalue weighted by Gasteiger charge is -2.49. The van der Waals surface area contributed by atoms with E-state index in [-0.39, 0.29) is 35.3 Å². The number of rotatable bonds is 3. The summed E-state index contributed by atoms with van der Waals surface area (Å²) >= 11 is 6.43. The fourth-order valence-electron chi connectivity index (χ4n) is 8.37. The zero-order chi connectivity index (χ0) is 34.5. The van der Waals surface area contributed by atoms with Gasteiger partial charge in [-0.05, 0) is 112 Å². The molecule has 9 nitrogen and oxygen atoms in total. The number of nitrogens with one attached hydrogen (secondary N) is 1. The highest BCUT2D eigenvalue weighted by Gasteiger charge is 2.49. The van der Waals surface area contributed by atoms with Crippen LogP contribution in [0, 0.1) is 30.6 Å². The van der Waals surface area contributed by atoms with E-state index in [0.717, 1.165) is 67.2 Å². The lowest BCUT2D eigenvalue weighted by atomic mass is 9.63. The van der Waals surface area contributed by atoms with Crippen LogP contribution in [-0.4, -0.2) is 50.4 Å². The number of amides is 1. The number of ether oxygens (including phenoxy) is 2. The summed E-state index contributed by atoms with van der Waals surface area (Å²) in [5.74, 6) is 1.80. The van der Waals surface area contributed by atoms with Gasteiger partial charge in [0.15, 0.2) is 5.89 Å². The van der Waals surface area contributed by atoms with Gasteiger partial charge in [-0.25, -0.2) is 18.1 Å². The number of benzene rings is 2. The second-order valence-corrected chi connectivity index (χ2v) is 17.0. The molecule has 0 radical (unpaired) electrons. The van der Waals surface area contributed by atoms with Crippen LogP contribution in [0.2, 0.25) is 5.02 Å². The molecule has 0 spiro atoms. The number of carbonyl (C=O) groups excluding carboxylic acids is 1. The number of oxazole rings is 1. The zero-order valence-electron chi connectivity index (χ0n) is 28.7. The third-order valence-electron chi connectivity index (χ3n) is 11.5. The second-order valence-electron chi connectivity index (χ2n) is 14.6. The maximum Gasteiger partial charge on any atom is 0.264 e. The van der Waals surface area contributed by atoms with Crippen molar-refractivity contribution in [3.05, 3.63) is 88.1 Å². The van der Waals surface area contributed by atoms with Gasteiger partial charge >= 0.3 is 0 Å². The number of aryl methyl sites for hydroxylation is 2. The molecular weight excluding hydrogens is 662 g/mol. The largest absolute Gasteiger partial charge is 0.483 e. The first kappa shape index (κ1) is 34.1. The molecule has 7 rings (SSSR count). The number of carbonyl (C=O) groups is 1. The van der Waals surface area contributed by atoms with Gasteiger partial charge < -0.3 is 18.8 Å². The van der Waals surface area contributed by atoms with Crippen molar-refractivity contribution in [1.82, 2.24) is 9.71 Å². The minimum Gasteiger partial charge on any atom is -0.483 e. The van der Waals surface area contributed by atoms with Crippen LogP contribution in [0.5, 0.6) is 5.75 Å². The molecule has 11 heteroatoms. The summed E-state index contributed by atoms with van der Waals surface area (Å²) in [5.41, 5.74) is 2.76. The number of methoxy groups -OCH3 is 1. The van der Waals surface area contributed by atoms with Crippen LogP contribution in [0.25, 0.3) is 0 Å². The van der Waals surface area contributed by atoms with Crippen molar-refractivity contribution in [2.45, 2.75) is 82.7 Å². The smallest absolute Gasteiger partial charge is 0.264 e. The molecule has 49 heavy (non-hydrogen) atoms. The number of nitrogens with zero attached hydrogens (tertiary/aromatic N) is 2. The van der Waals surface area contributed by atoms with Crippen LogP contribution in [0.1, 0.15) is 85.2 Å². The number of halogens is 1. The lowest BCUT2D eigenvalue weighted by molar-refractivity contribution is -0.0776. The van der Waals surface area contributed by atoms with Gasteiger partial charge in [0.1, 0.15) is 17.6 Å². The van der Waals surface area contributed by atoms with Crippen LogP contribution in [0.15, 0.2) is 59.2 Å². The fraction of sp³-hybridized carbons (Fsp3) is 0.526. The van der Waals surface area contributed by atoms with E-state index in [9.17, 15) is 13.2 Å². The molecule has 2 aliphatic carbocycles. The minimum absolute atomic E-state index is 0.164. The van der Waals surface area contributed by atoms with Crippen molar-refractivity contribution in [2.75, 3.05) is 25.1 Å². The van der Waals surface area contributed by atoms with E-state index in [0.29, 0.717) is 24.5 Å². The van der Waals surface area contributed by atoms with Gasteiger partial charge in [-0.15, -0.1) is 0 Å². The van der Waals surface area contributed by atoms with Crippen molar-refractivity contribution in [3.8, 4) is 5.75 Å². The fourth-order valence-corrected chi connectivity index (χ4v) is 9.85. The van der Waals surface area contributed by atoms with Gasteiger partial charge in [0.25, 0.3) is 5.91 Å². The summed E-state index contributed by atoms with van der Waals surface area (Å²) in [4.78, 5) is 20.5. The van der Waals surface area contributed by atoms with Crippen molar-refractivity contribution in [3.63, 3.8) is 0 Å². The summed E-state index contributed by atoms with van der Waals surface area (Å²) < 4.78 is 48.7. The Morgan fingerprint density at radius 2 is 1.92 bits per heavy atom. The van der Waals surface area contributed by atoms with Crippen LogP contribution in [0.4, 0.5) is 5.69 Å². The van der Waals surface area contributed by atoms with E-state index in [4.69, 9.17) is 25.5 Å². The number of hydrogen-bond acceptors (Lipinski definition) is 8. The normalized spacial score (nSPS) is 31.8. The Bertz CT molecular complexity index is 1860. The average molecular weight is 708 g/mol. The molecule has 0 saturated heterocycles. The van der Waals surface area contributed by atoms with E-state index in [1.165, 1.54) is 5.56 Å². The molecular formula is C38H46ClN3O6S. The Morgan fingerprint density at radius 3 is 2.65 bits per heavy atom. The number of hydrogen-bond donors (Lipinski definition) is 1. The molecule has 2 bridgehead atoms. The summed E-state index contributed by atoms with van der Waals surface area (Å²) in [5, 5.41) is -0.0872. The molecule has 4 aliphatic rings. The molecule has 1 N–H and O–H groups in total. The predicted molar refractivity (Wildman–Crippen MR) is 190 cm³/mol. The van der Waals surface area contributed by atoms with E-state index in [1.807, 2.05) is 32.1 Å². The average Bonchev–Trinajstić information content (AvgIpc) is 3.30. The summed E-state index contributed by atoms with van der Waals surface area (Å²) in [6, 6.07) is 11.4. The zero-order valence-corrected chi connectivity index (χ0v) is 30.2. The maximum absolute atomic E-state index is 13.6. The SMILES string of the molecule is CO[C@@]1(Cc2ncc(C)o2)/C=C/C[C@H](C)[C@@H](C)S(=O)(=O)NC(=O)c2ccc3c(c2)N(C[C@H]2CCCc4cc(Cl)ccc4C2O3)C[C@@H]2CC[C@H]21. The topological polar surface area (TPSA) is 111 Å². The lowest BCUT2D eigenvalue weighted by Crippen LogP contribution is -2.52. The van der Waals surface area contributed by atoms with Gasteiger partial charge in [-0.1, -0.05) is 36.7 Å². The van der Waals surface area contributed by atoms with Gasteiger partial charge in [-0.3, -0.25) is 4.79 Å². The molecule has 7 atom stereocenters. The first-order valence-electron chi connectivity index (χ1n) is 17.5. The molecule has 1 saturated carbocycles. The highest BCUT2D eigenvalue weighted by atomic mass is 35.5. The highest BCUT2D eigenvalue weighted by molar-refractivity contribution is 7.90. The summed E-state index contributed by atoms with van der Waals surface area (Å²) in [6.07, 6.45) is 11.6. The Balaban J connectivity index is 1.32. The van der Waals surface area contributed by atoms with Crippen molar-refractivity contribution >= 4 is 33.2 Å². The minimum atomic E-state index is -3.97. The van der Waals surface area contributed by atoms with Crippen molar-refractivity contribution < 1.29 is 27.1 Å². The molecule has 262 valence electrons. The number of aromatic nitrogens is 1. The first-order valence-corrected chi connectivity index (χ1v) is 19.4. The predicted octanol–water partition coefficient (Wildman–Crippen LogP) is 7.23. The van der Waals surface area contributed by atoms with E-state index in [2.05, 4.69) is 32.8 Å². The molecule has 2 aliphatic heterocycles. The molecule has 1 aromatic heterocycles. The van der Waals surface area contributed by atoms with E-state index >= 15 is 0 Å². The van der Waals surface area contributed by atoms with Crippen LogP contribution in [0.3, 0.4) is 0 Å². The third kappa shape index (κ3) is 6.64. The number of allylic oxidation sites excluding steroid dienone is 1. The molecule has 2 aromatic carbocycles. The summed E-state index contributed by atoms with van der Waals surface area (Å²) in [6.45, 7) is 6.90. The first-order chi connectivity index (χ1) is 23.5. The van der Waals surface area contributed by atoms with Crippen molar-refractivity contribution in [1.29, 1.82) is 0 Å². The molecule has 1 fully saturated rings. The van der Waals surface area contributed by atoms with Gasteiger partial charge in [0.05, 0.1) is 29.2 Å². The molecule has 1 unspecified atom stereocenters. The highest BCUT2D eigenvalue weighted by Crippen LogP contribution is 2.49. The molecule has 3 aromatic rings. The quantitative estimate of drug-likeness (QED) is 0.284. The Labute approximate surface area is 294 Å².